The van der Waals surface area contributed by atoms with Crippen LogP contribution in [0.15, 0.2) is 24.3 Å². The molecule has 1 aliphatic rings. The zero-order chi connectivity index (χ0) is 14.0. The van der Waals surface area contributed by atoms with E-state index < -0.39 is 11.7 Å². The number of nitrogens with one attached hydrogen (secondary N) is 1. The fourth-order valence-electron chi connectivity index (χ4n) is 2.13. The summed E-state index contributed by atoms with van der Waals surface area (Å²) >= 11 is 0. The summed E-state index contributed by atoms with van der Waals surface area (Å²) in [5, 5.41) is 3.18. The highest BCUT2D eigenvalue weighted by Crippen LogP contribution is 2.29. The predicted octanol–water partition coefficient (Wildman–Crippen LogP) is 2.56. The molecule has 0 aromatic heterocycles. The number of piperazine rings is 1. The third-order valence-electron chi connectivity index (χ3n) is 3.09. The van der Waals surface area contributed by atoms with Gasteiger partial charge in [-0.1, -0.05) is 6.07 Å². The first-order valence-electron chi connectivity index (χ1n) is 6.08. The summed E-state index contributed by atoms with van der Waals surface area (Å²) in [5.41, 5.74) is -0.703. The first kappa shape index (κ1) is 16.8. The second-order valence-corrected chi connectivity index (χ2v) is 4.68. The molecule has 1 amide bonds. The van der Waals surface area contributed by atoms with Gasteiger partial charge in [0.2, 0.25) is 0 Å². The van der Waals surface area contributed by atoms with Gasteiger partial charge in [-0.15, -0.1) is 12.4 Å². The van der Waals surface area contributed by atoms with E-state index in [2.05, 4.69) is 5.32 Å². The summed E-state index contributed by atoms with van der Waals surface area (Å²) in [4.78, 5) is 13.7. The number of halogens is 4. The van der Waals surface area contributed by atoms with Crippen LogP contribution >= 0.6 is 12.4 Å². The number of amides is 1. The molecule has 7 heteroatoms. The van der Waals surface area contributed by atoms with E-state index in [4.69, 9.17) is 0 Å². The Morgan fingerprint density at radius 3 is 2.70 bits per heavy atom. The van der Waals surface area contributed by atoms with Crippen molar-refractivity contribution in [3.8, 4) is 0 Å². The quantitative estimate of drug-likeness (QED) is 0.865. The van der Waals surface area contributed by atoms with E-state index in [0.29, 0.717) is 19.6 Å². The Kier molecular flexibility index (Phi) is 5.42. The smallest absolute Gasteiger partial charge is 0.336 e. The normalized spacial score (nSPS) is 19.4. The zero-order valence-corrected chi connectivity index (χ0v) is 11.7. The number of carbonyl (C=O) groups is 1. The first-order valence-corrected chi connectivity index (χ1v) is 6.08. The van der Waals surface area contributed by atoms with Crippen LogP contribution in [0.5, 0.6) is 0 Å². The predicted molar refractivity (Wildman–Crippen MR) is 72.1 cm³/mol. The number of hydrogen-bond donors (Lipinski definition) is 1. The molecular formula is C13H16ClF3N2O. The lowest BCUT2D eigenvalue weighted by Crippen LogP contribution is -2.51. The fraction of sp³-hybridized carbons (Fsp3) is 0.462. The second-order valence-electron chi connectivity index (χ2n) is 4.68. The van der Waals surface area contributed by atoms with Crippen molar-refractivity contribution in [3.63, 3.8) is 0 Å². The first-order chi connectivity index (χ1) is 8.88. The summed E-state index contributed by atoms with van der Waals surface area (Å²) in [6, 6.07) is 4.72. The highest BCUT2D eigenvalue weighted by molar-refractivity contribution is 5.94. The van der Waals surface area contributed by atoms with E-state index in [9.17, 15) is 18.0 Å². The van der Waals surface area contributed by atoms with Crippen LogP contribution in [0.3, 0.4) is 0 Å². The van der Waals surface area contributed by atoms with Gasteiger partial charge < -0.3 is 10.2 Å². The average molecular weight is 309 g/mol. The molecule has 20 heavy (non-hydrogen) atoms. The topological polar surface area (TPSA) is 32.3 Å². The van der Waals surface area contributed by atoms with E-state index >= 15 is 0 Å². The average Bonchev–Trinajstić information content (AvgIpc) is 2.37. The van der Waals surface area contributed by atoms with Crippen LogP contribution in [-0.2, 0) is 6.18 Å². The van der Waals surface area contributed by atoms with Crippen molar-refractivity contribution in [1.29, 1.82) is 0 Å². The maximum absolute atomic E-state index is 12.6. The van der Waals surface area contributed by atoms with Gasteiger partial charge in [0, 0.05) is 31.2 Å². The molecule has 0 bridgehead atoms. The van der Waals surface area contributed by atoms with Crippen LogP contribution in [0, 0.1) is 0 Å². The van der Waals surface area contributed by atoms with Crippen LogP contribution < -0.4 is 5.32 Å². The van der Waals surface area contributed by atoms with Gasteiger partial charge in [0.25, 0.3) is 5.91 Å². The van der Waals surface area contributed by atoms with Crippen LogP contribution in [0.1, 0.15) is 22.8 Å². The largest absolute Gasteiger partial charge is 0.416 e. The Labute approximate surface area is 121 Å². The molecule has 0 unspecified atom stereocenters. The Bertz CT molecular complexity index is 479. The number of benzene rings is 1. The number of rotatable bonds is 1. The maximum Gasteiger partial charge on any atom is 0.416 e. The highest BCUT2D eigenvalue weighted by atomic mass is 35.5. The molecule has 1 aromatic carbocycles. The van der Waals surface area contributed by atoms with Crippen LogP contribution in [0.2, 0.25) is 0 Å². The van der Waals surface area contributed by atoms with Crippen molar-refractivity contribution in [3.05, 3.63) is 35.4 Å². The van der Waals surface area contributed by atoms with Crippen LogP contribution in [-0.4, -0.2) is 36.5 Å². The van der Waals surface area contributed by atoms with Gasteiger partial charge in [0.15, 0.2) is 0 Å². The molecule has 1 saturated heterocycles. The van der Waals surface area contributed by atoms with Crippen molar-refractivity contribution < 1.29 is 18.0 Å². The second kappa shape index (κ2) is 6.45. The lowest BCUT2D eigenvalue weighted by Gasteiger charge is -2.32. The molecule has 0 spiro atoms. The Morgan fingerprint density at radius 2 is 2.10 bits per heavy atom. The van der Waals surface area contributed by atoms with E-state index in [0.717, 1.165) is 12.1 Å². The molecule has 1 atom stereocenters. The zero-order valence-electron chi connectivity index (χ0n) is 10.9. The van der Waals surface area contributed by atoms with Crippen LogP contribution in [0.25, 0.3) is 0 Å². The van der Waals surface area contributed by atoms with E-state index in [1.165, 1.54) is 12.1 Å². The van der Waals surface area contributed by atoms with Crippen molar-refractivity contribution >= 4 is 18.3 Å². The van der Waals surface area contributed by atoms with E-state index in [-0.39, 0.29) is 29.9 Å². The minimum atomic E-state index is -4.42. The Balaban J connectivity index is 0.00000200. The van der Waals surface area contributed by atoms with Crippen molar-refractivity contribution in [2.24, 2.45) is 0 Å². The Morgan fingerprint density at radius 1 is 1.40 bits per heavy atom. The lowest BCUT2D eigenvalue weighted by molar-refractivity contribution is -0.137. The third-order valence-corrected chi connectivity index (χ3v) is 3.09. The standard InChI is InChI=1S/C13H15F3N2O.ClH/c1-9-8-18(6-5-17-9)12(19)10-3-2-4-11(7-10)13(14,15)16;/h2-4,7,9,17H,5-6,8H2,1H3;1H/t9-;/m1./s1. The molecule has 1 aliphatic heterocycles. The van der Waals surface area contributed by atoms with Gasteiger partial charge in [-0.2, -0.15) is 13.2 Å². The number of alkyl halides is 3. The highest BCUT2D eigenvalue weighted by Gasteiger charge is 2.31. The molecule has 0 saturated carbocycles. The summed E-state index contributed by atoms with van der Waals surface area (Å²) in [6.07, 6.45) is -4.42. The summed E-state index contributed by atoms with van der Waals surface area (Å²) in [5.74, 6) is -0.348. The van der Waals surface area contributed by atoms with Gasteiger partial charge in [0.05, 0.1) is 5.56 Å². The Hall–Kier alpha value is -1.27. The maximum atomic E-state index is 12.6. The summed E-state index contributed by atoms with van der Waals surface area (Å²) in [6.45, 7) is 3.62. The molecule has 1 heterocycles. The molecule has 2 rings (SSSR count). The molecule has 3 nitrogen and oxygen atoms in total. The molecule has 0 aliphatic carbocycles. The van der Waals surface area contributed by atoms with E-state index in [1.54, 1.807) is 4.90 Å². The molecule has 1 fully saturated rings. The van der Waals surface area contributed by atoms with Crippen molar-refractivity contribution in [2.45, 2.75) is 19.1 Å². The monoisotopic (exact) mass is 308 g/mol. The minimum Gasteiger partial charge on any atom is -0.336 e. The molecule has 1 N–H and O–H groups in total. The fourth-order valence-corrected chi connectivity index (χ4v) is 2.13. The van der Waals surface area contributed by atoms with E-state index in [1.807, 2.05) is 6.92 Å². The van der Waals surface area contributed by atoms with Gasteiger partial charge in [0.1, 0.15) is 0 Å². The van der Waals surface area contributed by atoms with Gasteiger partial charge in [-0.25, -0.2) is 0 Å². The number of carbonyl (C=O) groups excluding carboxylic acids is 1. The molecule has 112 valence electrons. The summed E-state index contributed by atoms with van der Waals surface area (Å²) in [7, 11) is 0. The number of nitrogens with zero attached hydrogens (tertiary/aromatic N) is 1. The SMILES string of the molecule is C[C@@H]1CN(C(=O)c2cccc(C(F)(F)F)c2)CCN1.Cl. The summed E-state index contributed by atoms with van der Waals surface area (Å²) < 4.78 is 37.8. The van der Waals surface area contributed by atoms with Crippen molar-refractivity contribution in [2.75, 3.05) is 19.6 Å². The molecule has 1 aromatic rings. The molecule has 0 radical (unpaired) electrons. The van der Waals surface area contributed by atoms with Crippen molar-refractivity contribution in [1.82, 2.24) is 10.2 Å². The molecular weight excluding hydrogens is 293 g/mol. The lowest BCUT2D eigenvalue weighted by atomic mass is 10.1. The third kappa shape index (κ3) is 3.86. The van der Waals surface area contributed by atoms with Gasteiger partial charge >= 0.3 is 6.18 Å². The van der Waals surface area contributed by atoms with Crippen LogP contribution in [0.4, 0.5) is 13.2 Å². The minimum absolute atomic E-state index is 0. The number of hydrogen-bond acceptors (Lipinski definition) is 2. The van der Waals surface area contributed by atoms with Gasteiger partial charge in [-0.05, 0) is 25.1 Å². The van der Waals surface area contributed by atoms with Gasteiger partial charge in [-0.3, -0.25) is 4.79 Å².